The number of halogens is 2. The van der Waals surface area contributed by atoms with Crippen LogP contribution in [-0.4, -0.2) is 60.5 Å². The Morgan fingerprint density at radius 2 is 1.82 bits per heavy atom. The van der Waals surface area contributed by atoms with E-state index in [1.165, 1.54) is 16.7 Å². The maximum Gasteiger partial charge on any atom is 0.355 e. The average Bonchev–Trinajstić information content (AvgIpc) is 3.96. The van der Waals surface area contributed by atoms with Crippen LogP contribution in [0.1, 0.15) is 62.3 Å². The van der Waals surface area contributed by atoms with Crippen molar-refractivity contribution in [3.63, 3.8) is 0 Å². The average molecular weight is 625 g/mol. The van der Waals surface area contributed by atoms with Crippen LogP contribution < -0.4 is 10.6 Å². The van der Waals surface area contributed by atoms with Crippen molar-refractivity contribution in [3.8, 4) is 23.0 Å². The highest BCUT2D eigenvalue weighted by Gasteiger charge is 2.38. The number of pyridine rings is 1. The van der Waals surface area contributed by atoms with Gasteiger partial charge in [-0.25, -0.2) is 28.7 Å². The van der Waals surface area contributed by atoms with Crippen LogP contribution in [0.2, 0.25) is 5.02 Å². The van der Waals surface area contributed by atoms with Crippen LogP contribution in [0, 0.1) is 17.1 Å². The Morgan fingerprint density at radius 1 is 1.13 bits per heavy atom. The highest BCUT2D eigenvalue weighted by Crippen LogP contribution is 2.47. The molecule has 0 bridgehead atoms. The molecule has 0 N–H and O–H groups in total. The maximum absolute atomic E-state index is 15.1. The molecule has 1 saturated heterocycles. The number of nitrogens with zero attached hydrogens (tertiary/aromatic N) is 8. The predicted octanol–water partition coefficient (Wildman–Crippen LogP) is 5.29. The molecule has 1 aliphatic heterocycles. The summed E-state index contributed by atoms with van der Waals surface area (Å²) >= 11 is 6.85. The second kappa shape index (κ2) is 11.3. The van der Waals surface area contributed by atoms with Crippen molar-refractivity contribution in [2.24, 2.45) is 0 Å². The summed E-state index contributed by atoms with van der Waals surface area (Å²) < 4.78 is 16.6. The first-order valence-electron chi connectivity index (χ1n) is 15.1. The van der Waals surface area contributed by atoms with Crippen LogP contribution in [0.4, 0.5) is 10.2 Å². The van der Waals surface area contributed by atoms with E-state index in [0.29, 0.717) is 23.4 Å². The molecule has 2 atom stereocenters. The molecule has 2 saturated carbocycles. The molecule has 4 aromatic rings. The first-order chi connectivity index (χ1) is 21.8. The van der Waals surface area contributed by atoms with E-state index in [4.69, 9.17) is 16.6 Å². The van der Waals surface area contributed by atoms with E-state index < -0.39 is 17.5 Å². The van der Waals surface area contributed by atoms with Crippen LogP contribution >= 0.6 is 11.6 Å². The summed E-state index contributed by atoms with van der Waals surface area (Å²) in [6.07, 6.45) is 6.72. The summed E-state index contributed by atoms with van der Waals surface area (Å²) in [7, 11) is 0. The molecule has 3 fully saturated rings. The number of benzene rings is 1. The van der Waals surface area contributed by atoms with Gasteiger partial charge in [0.05, 0.1) is 51.7 Å². The van der Waals surface area contributed by atoms with Crippen LogP contribution in [0.25, 0.3) is 28.0 Å². The second-order valence-corrected chi connectivity index (χ2v) is 12.4. The molecule has 0 radical (unpaired) electrons. The lowest BCUT2D eigenvalue weighted by Gasteiger charge is -2.45. The fourth-order valence-corrected chi connectivity index (χ4v) is 6.57. The maximum atomic E-state index is 15.1. The van der Waals surface area contributed by atoms with Gasteiger partial charge in [-0.3, -0.25) is 4.79 Å². The predicted molar refractivity (Wildman–Crippen MR) is 168 cm³/mol. The fraction of sp³-hybridized carbons (Fsp3) is 0.364. The molecule has 1 amide bonds. The zero-order valence-electron chi connectivity index (χ0n) is 24.7. The number of hydrogen-bond donors (Lipinski definition) is 0. The number of hydrogen-bond acceptors (Lipinski definition) is 8. The standard InChI is InChI=1S/C33H30ClFN8O2/c1-3-26(44)42-15-18(2)41(16-21(42)12-13-36)31-23-14-24(34)29(22-6-4-5-7-25(22)35)39-32(23)43(33(45)40-31)30-27(19-8-9-19)37-17-38-28(30)20-10-11-20/h3-7,14,17-21H,1,8-12,15-16H2,2H3/t18-,21-/m0/s1. The quantitative estimate of drug-likeness (QED) is 0.254. The van der Waals surface area contributed by atoms with E-state index in [2.05, 4.69) is 27.6 Å². The normalized spacial score (nSPS) is 19.9. The topological polar surface area (TPSA) is 121 Å². The van der Waals surface area contributed by atoms with Crippen molar-refractivity contribution in [1.29, 1.82) is 5.26 Å². The van der Waals surface area contributed by atoms with Gasteiger partial charge in [-0.1, -0.05) is 30.3 Å². The van der Waals surface area contributed by atoms with Gasteiger partial charge in [0.25, 0.3) is 0 Å². The van der Waals surface area contributed by atoms with Gasteiger partial charge in [-0.05, 0) is 56.9 Å². The SMILES string of the molecule is C=CC(=O)N1C[C@H](C)N(c2nc(=O)n(-c3c(C4CC4)ncnc3C3CC3)c3nc(-c4ccccc4F)c(Cl)cc23)C[C@@H]1CC#N. The van der Waals surface area contributed by atoms with Gasteiger partial charge >= 0.3 is 5.69 Å². The Morgan fingerprint density at radius 3 is 2.44 bits per heavy atom. The number of aromatic nitrogens is 5. The molecule has 2 aliphatic carbocycles. The number of anilines is 1. The van der Waals surface area contributed by atoms with Crippen LogP contribution in [0.15, 0.2) is 54.1 Å². The number of carbonyl (C=O) groups excluding carboxylic acids is 1. The highest BCUT2D eigenvalue weighted by molar-refractivity contribution is 6.33. The van der Waals surface area contributed by atoms with Crippen LogP contribution in [0.3, 0.4) is 0 Å². The summed E-state index contributed by atoms with van der Waals surface area (Å²) in [5, 5.41) is 10.2. The molecule has 3 aromatic heterocycles. The first kappa shape index (κ1) is 29.0. The molecule has 45 heavy (non-hydrogen) atoms. The molecule has 3 aliphatic rings. The van der Waals surface area contributed by atoms with Crippen LogP contribution in [-0.2, 0) is 4.79 Å². The molecule has 0 spiro atoms. The van der Waals surface area contributed by atoms with Crippen molar-refractivity contribution in [2.45, 2.75) is 62.9 Å². The number of amides is 1. The van der Waals surface area contributed by atoms with E-state index in [1.54, 1.807) is 35.5 Å². The Hall–Kier alpha value is -4.69. The third kappa shape index (κ3) is 5.13. The second-order valence-electron chi connectivity index (χ2n) is 12.0. The van der Waals surface area contributed by atoms with Gasteiger partial charge in [-0.15, -0.1) is 0 Å². The molecule has 4 heterocycles. The number of rotatable bonds is 7. The minimum atomic E-state index is -0.570. The Balaban J connectivity index is 1.49. The summed E-state index contributed by atoms with van der Waals surface area (Å²) in [5.41, 5.74) is 2.26. The Kier molecular flexibility index (Phi) is 7.32. The van der Waals surface area contributed by atoms with E-state index in [1.807, 2.05) is 11.8 Å². The summed E-state index contributed by atoms with van der Waals surface area (Å²) in [6, 6.07) is 9.35. The van der Waals surface area contributed by atoms with Gasteiger partial charge in [0.2, 0.25) is 5.91 Å². The monoisotopic (exact) mass is 624 g/mol. The third-order valence-electron chi connectivity index (χ3n) is 8.86. The lowest BCUT2D eigenvalue weighted by molar-refractivity contribution is -0.129. The van der Waals surface area contributed by atoms with Crippen molar-refractivity contribution < 1.29 is 9.18 Å². The summed E-state index contributed by atoms with van der Waals surface area (Å²) in [4.78, 5) is 49.4. The number of nitriles is 1. The highest BCUT2D eigenvalue weighted by atomic mass is 35.5. The number of piperazine rings is 1. The summed E-state index contributed by atoms with van der Waals surface area (Å²) in [5.74, 6) is -0.0330. The minimum Gasteiger partial charge on any atom is -0.349 e. The largest absolute Gasteiger partial charge is 0.355 e. The zero-order valence-corrected chi connectivity index (χ0v) is 25.4. The van der Waals surface area contributed by atoms with Crippen molar-refractivity contribution >= 4 is 34.4 Å². The fourth-order valence-electron chi connectivity index (χ4n) is 6.32. The van der Waals surface area contributed by atoms with E-state index in [9.17, 15) is 14.9 Å². The third-order valence-corrected chi connectivity index (χ3v) is 9.15. The molecule has 228 valence electrons. The van der Waals surface area contributed by atoms with Crippen LogP contribution in [0.5, 0.6) is 0 Å². The van der Waals surface area contributed by atoms with Gasteiger partial charge in [-0.2, -0.15) is 10.2 Å². The van der Waals surface area contributed by atoms with Gasteiger partial charge in [0.1, 0.15) is 18.0 Å². The summed E-state index contributed by atoms with van der Waals surface area (Å²) in [6.45, 7) is 6.09. The Bertz CT molecular complexity index is 1930. The smallest absolute Gasteiger partial charge is 0.349 e. The minimum absolute atomic E-state index is 0.0884. The Labute approximate surface area is 263 Å². The molecule has 10 nitrogen and oxygen atoms in total. The number of fused-ring (bicyclic) bond motifs is 1. The molecule has 12 heteroatoms. The van der Waals surface area contributed by atoms with E-state index in [-0.39, 0.29) is 58.7 Å². The molecule has 1 aromatic carbocycles. The van der Waals surface area contributed by atoms with Gasteiger partial charge in [0.15, 0.2) is 5.65 Å². The van der Waals surface area contributed by atoms with Crippen molar-refractivity contribution in [1.82, 2.24) is 29.4 Å². The lowest BCUT2D eigenvalue weighted by atomic mass is 10.0. The lowest BCUT2D eigenvalue weighted by Crippen LogP contribution is -2.59. The van der Waals surface area contributed by atoms with Gasteiger partial charge in [0, 0.05) is 36.5 Å². The molecule has 7 rings (SSSR count). The molecular weight excluding hydrogens is 595 g/mol. The number of carbonyl (C=O) groups is 1. The van der Waals surface area contributed by atoms with Gasteiger partial charge < -0.3 is 9.80 Å². The first-order valence-corrected chi connectivity index (χ1v) is 15.5. The molecule has 0 unspecified atom stereocenters. The zero-order chi connectivity index (χ0) is 31.4. The molecular formula is C33H30ClFN8O2. The van der Waals surface area contributed by atoms with Crippen molar-refractivity contribution in [2.75, 3.05) is 18.0 Å². The van der Waals surface area contributed by atoms with E-state index in [0.717, 1.165) is 37.1 Å². The van der Waals surface area contributed by atoms with E-state index >= 15 is 4.39 Å². The van der Waals surface area contributed by atoms with Crippen molar-refractivity contribution in [3.05, 3.63) is 82.0 Å².